The van der Waals surface area contributed by atoms with Crippen molar-refractivity contribution in [1.29, 1.82) is 0 Å². The molecule has 0 fully saturated rings. The number of unbranched alkanes of at least 4 members (excludes halogenated alkanes) is 2. The summed E-state index contributed by atoms with van der Waals surface area (Å²) in [4.78, 5) is 0. The van der Waals surface area contributed by atoms with Crippen LogP contribution in [0, 0.1) is 17.3 Å². The second-order valence-corrected chi connectivity index (χ2v) is 10.9. The quantitative estimate of drug-likeness (QED) is 0.319. The molecule has 2 atom stereocenters. The summed E-state index contributed by atoms with van der Waals surface area (Å²) in [6.45, 7) is 16.9. The van der Waals surface area contributed by atoms with Gasteiger partial charge in [0.25, 0.3) is 0 Å². The maximum Gasteiger partial charge on any atom is 0.0335 e. The molecule has 0 saturated carbocycles. The topological polar surface area (TPSA) is 0 Å². The maximum atomic E-state index is 2.85. The smallest absolute Gasteiger partial charge is 0.0335 e. The summed E-state index contributed by atoms with van der Waals surface area (Å²) in [6, 6.07) is 0. The highest BCUT2D eigenvalue weighted by molar-refractivity contribution is 6.73. The van der Waals surface area contributed by atoms with Crippen molar-refractivity contribution in [3.8, 4) is 0 Å². The lowest BCUT2D eigenvalue weighted by Crippen LogP contribution is -2.29. The van der Waals surface area contributed by atoms with E-state index in [2.05, 4.69) is 53.8 Å². The Balaban J connectivity index is 3.01. The van der Waals surface area contributed by atoms with E-state index in [1.54, 1.807) is 10.8 Å². The van der Waals surface area contributed by atoms with Gasteiger partial charge in [-0.25, -0.2) is 0 Å². The molecule has 1 heteroatoms. The molecule has 1 rings (SSSR count). The highest BCUT2D eigenvalue weighted by Gasteiger charge is 2.38. The van der Waals surface area contributed by atoms with E-state index in [9.17, 15) is 0 Å². The van der Waals surface area contributed by atoms with Crippen molar-refractivity contribution < 1.29 is 0 Å². The Kier molecular flexibility index (Phi) is 9.78. The maximum absolute atomic E-state index is 2.85. The Morgan fingerprint density at radius 1 is 0.875 bits per heavy atom. The van der Waals surface area contributed by atoms with Crippen LogP contribution in [-0.2, 0) is 0 Å². The van der Waals surface area contributed by atoms with E-state index in [0.717, 1.165) is 11.8 Å². The summed E-state index contributed by atoms with van der Waals surface area (Å²) in [5, 5.41) is 1.76. The van der Waals surface area contributed by atoms with Gasteiger partial charge in [0.2, 0.25) is 0 Å². The molecule has 0 aliphatic carbocycles. The van der Waals surface area contributed by atoms with Gasteiger partial charge in [0.15, 0.2) is 0 Å². The van der Waals surface area contributed by atoms with E-state index in [1.165, 1.54) is 64.2 Å². The fraction of sp³-hybridized carbons (Fsp3) is 0.870. The molecular formula is C23H44Si. The lowest BCUT2D eigenvalue weighted by molar-refractivity contribution is 0.258. The minimum atomic E-state index is -0.381. The molecule has 2 unspecified atom stereocenters. The van der Waals surface area contributed by atoms with Crippen molar-refractivity contribution in [3.05, 3.63) is 10.8 Å². The zero-order valence-corrected chi connectivity index (χ0v) is 18.8. The van der Waals surface area contributed by atoms with Gasteiger partial charge in [-0.3, -0.25) is 0 Å². The molecule has 0 aromatic heterocycles. The number of hydrogen-bond acceptors (Lipinski definition) is 0. The molecule has 1 aliphatic rings. The number of rotatable bonds is 12. The van der Waals surface area contributed by atoms with E-state index in [4.69, 9.17) is 0 Å². The first kappa shape index (κ1) is 21.9. The second kappa shape index (κ2) is 10.7. The first-order valence-corrected chi connectivity index (χ1v) is 12.9. The van der Waals surface area contributed by atoms with E-state index in [1.807, 2.05) is 0 Å². The van der Waals surface area contributed by atoms with Gasteiger partial charge in [-0.2, -0.15) is 0 Å². The molecule has 0 nitrogen and oxygen atoms in total. The van der Waals surface area contributed by atoms with Crippen LogP contribution in [-0.4, -0.2) is 14.1 Å². The monoisotopic (exact) mass is 348 g/mol. The van der Waals surface area contributed by atoms with Crippen molar-refractivity contribution in [1.82, 2.24) is 0 Å². The highest BCUT2D eigenvalue weighted by atomic mass is 28.2. The van der Waals surface area contributed by atoms with Gasteiger partial charge in [-0.1, -0.05) is 102 Å². The third-order valence-electron chi connectivity index (χ3n) is 6.79. The van der Waals surface area contributed by atoms with Gasteiger partial charge in [-0.05, 0) is 38.5 Å². The lowest BCUT2D eigenvalue weighted by atomic mass is 9.68. The third kappa shape index (κ3) is 5.68. The Hall–Kier alpha value is -0.173. The normalized spacial score (nSPS) is 23.5. The van der Waals surface area contributed by atoms with Crippen LogP contribution < -0.4 is 0 Å². The first-order chi connectivity index (χ1) is 11.4. The van der Waals surface area contributed by atoms with Crippen molar-refractivity contribution in [2.75, 3.05) is 0 Å². The van der Waals surface area contributed by atoms with E-state index in [0.29, 0.717) is 5.41 Å². The molecule has 0 aromatic rings. The molecule has 1 heterocycles. The molecule has 24 heavy (non-hydrogen) atoms. The van der Waals surface area contributed by atoms with Crippen molar-refractivity contribution in [3.63, 3.8) is 0 Å². The summed E-state index contributed by atoms with van der Waals surface area (Å²) in [5.74, 6) is 1.83. The van der Waals surface area contributed by atoms with Gasteiger partial charge in [0.1, 0.15) is 0 Å². The molecular weight excluding hydrogens is 304 g/mol. The third-order valence-corrected chi connectivity index (χ3v) is 9.33. The average molecular weight is 349 g/mol. The predicted octanol–water partition coefficient (Wildman–Crippen LogP) is 7.58. The van der Waals surface area contributed by atoms with E-state index in [-0.39, 0.29) is 8.41 Å². The van der Waals surface area contributed by atoms with Crippen LogP contribution >= 0.6 is 0 Å². The Bertz CT molecular complexity index is 411. The minimum Gasteiger partial charge on any atom is -0.0898 e. The minimum absolute atomic E-state index is 0.381. The summed E-state index contributed by atoms with van der Waals surface area (Å²) in [6.07, 6.45) is 14.0. The van der Waals surface area contributed by atoms with Gasteiger partial charge < -0.3 is 0 Å². The van der Waals surface area contributed by atoms with E-state index < -0.39 is 0 Å². The van der Waals surface area contributed by atoms with Crippen LogP contribution in [0.25, 0.3) is 0 Å². The van der Waals surface area contributed by atoms with Gasteiger partial charge in [-0.15, -0.1) is 0 Å². The first-order valence-electron chi connectivity index (χ1n) is 10.8. The Morgan fingerprint density at radius 2 is 1.33 bits per heavy atom. The van der Waals surface area contributed by atoms with Crippen LogP contribution in [0.15, 0.2) is 10.8 Å². The molecule has 0 saturated heterocycles. The van der Waals surface area contributed by atoms with Gasteiger partial charge in [0.05, 0.1) is 0 Å². The van der Waals surface area contributed by atoms with Crippen molar-refractivity contribution >= 4 is 14.1 Å². The fourth-order valence-electron chi connectivity index (χ4n) is 4.72. The average Bonchev–Trinajstić information content (AvgIpc) is 2.79. The van der Waals surface area contributed by atoms with E-state index >= 15 is 0 Å². The summed E-state index contributed by atoms with van der Waals surface area (Å²) in [5.41, 5.74) is 5.06. The number of allylic oxidation sites excluding steroid dienone is 2. The van der Waals surface area contributed by atoms with Crippen LogP contribution in [0.1, 0.15) is 106 Å². The largest absolute Gasteiger partial charge is 0.0898 e. The standard InChI is InChI=1S/C23H44Si/c1-8-12-14-21(10-3)16-23(17-22(11-4)15-13-9-2)18-24(7)20(6)19(23)5/h18,21-22H,8-17H2,1-7H3. The Labute approximate surface area is 154 Å². The molecule has 0 bridgehead atoms. The second-order valence-electron chi connectivity index (χ2n) is 8.47. The van der Waals surface area contributed by atoms with Crippen LogP contribution in [0.4, 0.5) is 0 Å². The number of hydrogen-bond donors (Lipinski definition) is 0. The summed E-state index contributed by atoms with van der Waals surface area (Å²) in [7, 11) is -0.381. The molecule has 140 valence electrons. The van der Waals surface area contributed by atoms with Crippen LogP contribution in [0.5, 0.6) is 0 Å². The zero-order chi connectivity index (χ0) is 18.2. The van der Waals surface area contributed by atoms with Gasteiger partial charge >= 0.3 is 0 Å². The van der Waals surface area contributed by atoms with Crippen molar-refractivity contribution in [2.45, 2.75) is 112 Å². The van der Waals surface area contributed by atoms with Crippen LogP contribution in [0.2, 0.25) is 6.55 Å². The van der Waals surface area contributed by atoms with Gasteiger partial charge in [0, 0.05) is 13.8 Å². The Morgan fingerprint density at radius 3 is 1.62 bits per heavy atom. The molecule has 0 N–H and O–H groups in total. The summed E-state index contributed by atoms with van der Waals surface area (Å²) < 4.78 is 0. The van der Waals surface area contributed by atoms with Crippen LogP contribution in [0.3, 0.4) is 0 Å². The predicted molar refractivity (Wildman–Crippen MR) is 114 cm³/mol. The SMILES string of the molecule is CCCCC(CC)CC1(CC(CC)CCCC)C=[Si](C)C(C)=C1C. The lowest BCUT2D eigenvalue weighted by Gasteiger charge is -2.37. The molecule has 0 aromatic carbocycles. The molecule has 0 spiro atoms. The fourth-order valence-corrected chi connectivity index (χ4v) is 7.06. The molecule has 1 aliphatic heterocycles. The summed E-state index contributed by atoms with van der Waals surface area (Å²) >= 11 is 0. The molecule has 0 radical (unpaired) electrons. The molecule has 0 amide bonds. The highest BCUT2D eigenvalue weighted by Crippen LogP contribution is 2.46. The zero-order valence-electron chi connectivity index (χ0n) is 17.8. The van der Waals surface area contributed by atoms with Crippen molar-refractivity contribution in [2.24, 2.45) is 17.3 Å².